The van der Waals surface area contributed by atoms with Crippen molar-refractivity contribution in [2.45, 2.75) is 31.7 Å². The lowest BCUT2D eigenvalue weighted by atomic mass is 10.1. The normalized spacial score (nSPS) is 22.1. The zero-order chi connectivity index (χ0) is 17.8. The SMILES string of the molecule is Cl.O=C(NCCC1CCNC1)C1CCCN1C(=O)c1ccc([N+](=O)[O-])s1. The number of carbonyl (C=O) groups is 2. The number of likely N-dealkylation sites (tertiary alicyclic amines) is 1. The predicted octanol–water partition coefficient (Wildman–Crippen LogP) is 1.80. The number of nitrogens with zero attached hydrogens (tertiary/aromatic N) is 2. The van der Waals surface area contributed by atoms with Crippen LogP contribution in [0, 0.1) is 16.0 Å². The molecule has 2 fully saturated rings. The van der Waals surface area contributed by atoms with Crippen LogP contribution in [0.25, 0.3) is 0 Å². The Morgan fingerprint density at radius 1 is 1.38 bits per heavy atom. The van der Waals surface area contributed by atoms with E-state index in [1.54, 1.807) is 4.90 Å². The number of hydrogen-bond acceptors (Lipinski definition) is 6. The Balaban J connectivity index is 0.00000243. The first kappa shape index (κ1) is 20.6. The Morgan fingerprint density at radius 2 is 2.19 bits per heavy atom. The van der Waals surface area contributed by atoms with Crippen molar-refractivity contribution in [2.75, 3.05) is 26.2 Å². The maximum absolute atomic E-state index is 12.6. The summed E-state index contributed by atoms with van der Waals surface area (Å²) in [7, 11) is 0. The molecule has 0 aromatic carbocycles. The molecule has 3 rings (SSSR count). The van der Waals surface area contributed by atoms with Crippen LogP contribution in [0.2, 0.25) is 0 Å². The van der Waals surface area contributed by atoms with Crippen LogP contribution >= 0.6 is 23.7 Å². The van der Waals surface area contributed by atoms with Gasteiger partial charge in [-0.1, -0.05) is 11.3 Å². The predicted molar refractivity (Wildman–Crippen MR) is 101 cm³/mol. The van der Waals surface area contributed by atoms with Gasteiger partial charge in [-0.15, -0.1) is 12.4 Å². The maximum Gasteiger partial charge on any atom is 0.324 e. The van der Waals surface area contributed by atoms with Gasteiger partial charge in [0.1, 0.15) is 6.04 Å². The number of nitrogens with one attached hydrogen (secondary N) is 2. The molecule has 10 heteroatoms. The van der Waals surface area contributed by atoms with Crippen LogP contribution in [0.5, 0.6) is 0 Å². The Kier molecular flexibility index (Phi) is 7.36. The fourth-order valence-electron chi connectivity index (χ4n) is 3.44. The lowest BCUT2D eigenvalue weighted by Crippen LogP contribution is -2.46. The molecular weight excluding hydrogens is 380 g/mol. The van der Waals surface area contributed by atoms with Gasteiger partial charge in [0.15, 0.2) is 0 Å². The number of amides is 2. The molecule has 0 aliphatic carbocycles. The second-order valence-corrected chi connectivity index (χ2v) is 7.55. The van der Waals surface area contributed by atoms with Crippen molar-refractivity contribution < 1.29 is 14.5 Å². The van der Waals surface area contributed by atoms with Gasteiger partial charge in [0, 0.05) is 19.2 Å². The van der Waals surface area contributed by atoms with Crippen molar-refractivity contribution in [2.24, 2.45) is 5.92 Å². The maximum atomic E-state index is 12.6. The van der Waals surface area contributed by atoms with Crippen molar-refractivity contribution in [1.82, 2.24) is 15.5 Å². The van der Waals surface area contributed by atoms with Gasteiger partial charge in [-0.2, -0.15) is 0 Å². The van der Waals surface area contributed by atoms with Gasteiger partial charge in [0.2, 0.25) is 5.91 Å². The number of carbonyl (C=O) groups excluding carboxylic acids is 2. The second-order valence-electron chi connectivity index (χ2n) is 6.49. The lowest BCUT2D eigenvalue weighted by molar-refractivity contribution is -0.380. The van der Waals surface area contributed by atoms with E-state index in [0.717, 1.165) is 43.7 Å². The molecule has 2 atom stereocenters. The van der Waals surface area contributed by atoms with Crippen LogP contribution < -0.4 is 10.6 Å². The average Bonchev–Trinajstić information content (AvgIpc) is 3.33. The molecule has 26 heavy (non-hydrogen) atoms. The third-order valence-corrected chi connectivity index (χ3v) is 5.84. The van der Waals surface area contributed by atoms with Crippen LogP contribution in [-0.4, -0.2) is 53.9 Å². The smallest absolute Gasteiger partial charge is 0.324 e. The highest BCUT2D eigenvalue weighted by Gasteiger charge is 2.35. The highest BCUT2D eigenvalue weighted by atomic mass is 35.5. The van der Waals surface area contributed by atoms with E-state index in [4.69, 9.17) is 0 Å². The molecule has 1 aromatic heterocycles. The van der Waals surface area contributed by atoms with Gasteiger partial charge in [-0.3, -0.25) is 19.7 Å². The zero-order valence-electron chi connectivity index (χ0n) is 14.3. The third kappa shape index (κ3) is 4.72. The van der Waals surface area contributed by atoms with Crippen LogP contribution in [-0.2, 0) is 4.79 Å². The second kappa shape index (κ2) is 9.29. The Morgan fingerprint density at radius 3 is 2.85 bits per heavy atom. The third-order valence-electron chi connectivity index (χ3n) is 4.81. The van der Waals surface area contributed by atoms with Gasteiger partial charge in [0.25, 0.3) is 5.91 Å². The molecule has 144 valence electrons. The number of thiophene rings is 1. The van der Waals surface area contributed by atoms with Crippen molar-refractivity contribution in [3.8, 4) is 0 Å². The van der Waals surface area contributed by atoms with Crippen LogP contribution in [0.3, 0.4) is 0 Å². The standard InChI is InChI=1S/C16H22N4O4S.ClH/c21-15(18-8-6-11-5-7-17-10-11)12-2-1-9-19(12)16(22)13-3-4-14(25-13)20(23)24;/h3-4,11-12,17H,1-2,5-10H2,(H,18,21);1H. The molecule has 2 saturated heterocycles. The molecule has 0 bridgehead atoms. The molecule has 3 heterocycles. The molecule has 2 aliphatic heterocycles. The monoisotopic (exact) mass is 402 g/mol. The molecule has 8 nitrogen and oxygen atoms in total. The van der Waals surface area contributed by atoms with Gasteiger partial charge in [0.05, 0.1) is 9.80 Å². The summed E-state index contributed by atoms with van der Waals surface area (Å²) in [6, 6.07) is 2.32. The molecule has 1 aromatic rings. The first-order chi connectivity index (χ1) is 12.1. The van der Waals surface area contributed by atoms with Gasteiger partial charge < -0.3 is 15.5 Å². The minimum atomic E-state index is -0.506. The van der Waals surface area contributed by atoms with E-state index >= 15 is 0 Å². The molecule has 2 aliphatic rings. The Bertz CT molecular complexity index is 662. The molecule has 0 radical (unpaired) electrons. The fraction of sp³-hybridized carbons (Fsp3) is 0.625. The summed E-state index contributed by atoms with van der Waals surface area (Å²) in [6.07, 6.45) is 3.48. The molecule has 2 amide bonds. The topological polar surface area (TPSA) is 105 Å². The summed E-state index contributed by atoms with van der Waals surface area (Å²) in [6.45, 7) is 3.17. The minimum absolute atomic E-state index is 0. The highest BCUT2D eigenvalue weighted by molar-refractivity contribution is 7.17. The summed E-state index contributed by atoms with van der Waals surface area (Å²) in [4.78, 5) is 37.2. The van der Waals surface area contributed by atoms with Crippen LogP contribution in [0.4, 0.5) is 5.00 Å². The van der Waals surface area contributed by atoms with E-state index in [1.807, 2.05) is 0 Å². The summed E-state index contributed by atoms with van der Waals surface area (Å²) >= 11 is 0.855. The number of hydrogen-bond donors (Lipinski definition) is 2. The minimum Gasteiger partial charge on any atom is -0.354 e. The summed E-state index contributed by atoms with van der Waals surface area (Å²) < 4.78 is 0. The molecular formula is C16H23ClN4O4S. The Hall–Kier alpha value is -1.71. The summed E-state index contributed by atoms with van der Waals surface area (Å²) in [5.41, 5.74) is 0. The van der Waals surface area contributed by atoms with Crippen molar-refractivity contribution in [3.63, 3.8) is 0 Å². The van der Waals surface area contributed by atoms with E-state index in [-0.39, 0.29) is 29.2 Å². The van der Waals surface area contributed by atoms with Gasteiger partial charge >= 0.3 is 5.00 Å². The summed E-state index contributed by atoms with van der Waals surface area (Å²) in [5.74, 6) is 0.187. The first-order valence-electron chi connectivity index (χ1n) is 8.60. The first-order valence-corrected chi connectivity index (χ1v) is 9.41. The highest BCUT2D eigenvalue weighted by Crippen LogP contribution is 2.28. The van der Waals surface area contributed by atoms with E-state index in [9.17, 15) is 19.7 Å². The Labute approximate surface area is 161 Å². The van der Waals surface area contributed by atoms with Crippen LogP contribution in [0.15, 0.2) is 12.1 Å². The average molecular weight is 403 g/mol. The number of rotatable bonds is 6. The zero-order valence-corrected chi connectivity index (χ0v) is 15.9. The van der Waals surface area contributed by atoms with Gasteiger partial charge in [-0.25, -0.2) is 0 Å². The lowest BCUT2D eigenvalue weighted by Gasteiger charge is -2.23. The van der Waals surface area contributed by atoms with E-state index < -0.39 is 11.0 Å². The van der Waals surface area contributed by atoms with Gasteiger partial charge in [-0.05, 0) is 50.8 Å². The van der Waals surface area contributed by atoms with Crippen LogP contribution in [0.1, 0.15) is 35.4 Å². The van der Waals surface area contributed by atoms with E-state index in [1.165, 1.54) is 12.1 Å². The quantitative estimate of drug-likeness (QED) is 0.557. The summed E-state index contributed by atoms with van der Waals surface area (Å²) in [5, 5.41) is 17.0. The van der Waals surface area contributed by atoms with E-state index in [0.29, 0.717) is 30.3 Å². The van der Waals surface area contributed by atoms with Crippen molar-refractivity contribution in [1.29, 1.82) is 0 Å². The van der Waals surface area contributed by atoms with Crippen molar-refractivity contribution in [3.05, 3.63) is 27.1 Å². The molecule has 2 N–H and O–H groups in total. The molecule has 0 spiro atoms. The van der Waals surface area contributed by atoms with Crippen molar-refractivity contribution >= 4 is 40.6 Å². The number of nitro groups is 1. The largest absolute Gasteiger partial charge is 0.354 e. The molecule has 0 saturated carbocycles. The fourth-order valence-corrected chi connectivity index (χ4v) is 4.22. The molecule has 2 unspecified atom stereocenters. The number of halogens is 1. The van der Waals surface area contributed by atoms with E-state index in [2.05, 4.69) is 10.6 Å².